The van der Waals surface area contributed by atoms with Crippen LogP contribution in [0.1, 0.15) is 52.4 Å². The minimum atomic E-state index is -0.453. The summed E-state index contributed by atoms with van der Waals surface area (Å²) in [6.45, 7) is 9.14. The van der Waals surface area contributed by atoms with Crippen LogP contribution in [0.5, 0.6) is 0 Å². The van der Waals surface area contributed by atoms with Gasteiger partial charge < -0.3 is 14.9 Å². The SMILES string of the molecule is C=C1CC[C@H]2[C@](C)(CO)[C@@H](O)CC[C@]2(C)[C@H]1C/C=C1\CCOC1=O. The topological polar surface area (TPSA) is 66.8 Å². The molecule has 0 spiro atoms. The number of fused-ring (bicyclic) bond motifs is 1. The first-order chi connectivity index (χ1) is 11.3. The van der Waals surface area contributed by atoms with E-state index in [4.69, 9.17) is 4.74 Å². The molecule has 134 valence electrons. The van der Waals surface area contributed by atoms with Crippen molar-refractivity contribution in [2.75, 3.05) is 13.2 Å². The van der Waals surface area contributed by atoms with Gasteiger partial charge in [-0.2, -0.15) is 0 Å². The predicted molar refractivity (Wildman–Crippen MR) is 92.2 cm³/mol. The average Bonchev–Trinajstić information content (AvgIpc) is 2.96. The number of cyclic esters (lactones) is 1. The number of aliphatic hydroxyl groups excluding tert-OH is 2. The lowest BCUT2D eigenvalue weighted by atomic mass is 9.46. The van der Waals surface area contributed by atoms with Crippen molar-refractivity contribution in [3.63, 3.8) is 0 Å². The third kappa shape index (κ3) is 2.64. The van der Waals surface area contributed by atoms with Crippen molar-refractivity contribution in [1.29, 1.82) is 0 Å². The Hall–Kier alpha value is -1.13. The van der Waals surface area contributed by atoms with Gasteiger partial charge in [-0.1, -0.05) is 32.1 Å². The fraction of sp³-hybridized carbons (Fsp3) is 0.750. The average molecular weight is 334 g/mol. The van der Waals surface area contributed by atoms with E-state index in [2.05, 4.69) is 13.5 Å². The van der Waals surface area contributed by atoms with Gasteiger partial charge in [-0.15, -0.1) is 0 Å². The van der Waals surface area contributed by atoms with Crippen LogP contribution in [0, 0.1) is 22.7 Å². The Kier molecular flexibility index (Phi) is 4.65. The highest BCUT2D eigenvalue weighted by Crippen LogP contribution is 2.61. The van der Waals surface area contributed by atoms with Crippen molar-refractivity contribution in [2.24, 2.45) is 22.7 Å². The van der Waals surface area contributed by atoms with Gasteiger partial charge in [-0.25, -0.2) is 4.79 Å². The molecule has 0 aromatic rings. The van der Waals surface area contributed by atoms with Gasteiger partial charge in [0.2, 0.25) is 0 Å². The molecule has 0 aromatic carbocycles. The van der Waals surface area contributed by atoms with Gasteiger partial charge in [0, 0.05) is 17.4 Å². The van der Waals surface area contributed by atoms with Crippen LogP contribution < -0.4 is 0 Å². The van der Waals surface area contributed by atoms with Crippen molar-refractivity contribution < 1.29 is 19.7 Å². The minimum absolute atomic E-state index is 0.00557. The Labute approximate surface area is 144 Å². The summed E-state index contributed by atoms with van der Waals surface area (Å²) in [4.78, 5) is 11.7. The predicted octanol–water partition coefficient (Wildman–Crippen LogP) is 2.99. The minimum Gasteiger partial charge on any atom is -0.462 e. The van der Waals surface area contributed by atoms with E-state index in [1.807, 2.05) is 13.0 Å². The molecule has 2 aliphatic carbocycles. The standard InChI is InChI=1S/C20H30O4/c1-13-4-7-16-19(2,10-8-17(22)20(16,3)12-21)15(13)6-5-14-9-11-24-18(14)23/h5,15-17,21-22H,1,4,6-12H2,2-3H3/b14-5+/t15-,16+,17-,19+,20-/m0/s1. The van der Waals surface area contributed by atoms with E-state index in [0.29, 0.717) is 19.4 Å². The second kappa shape index (κ2) is 6.30. The molecular formula is C20H30O4. The number of rotatable bonds is 3. The van der Waals surface area contributed by atoms with Gasteiger partial charge >= 0.3 is 5.97 Å². The maximum atomic E-state index is 11.7. The lowest BCUT2D eigenvalue weighted by Gasteiger charge is -2.59. The van der Waals surface area contributed by atoms with E-state index < -0.39 is 11.5 Å². The molecule has 0 unspecified atom stereocenters. The van der Waals surface area contributed by atoms with Gasteiger partial charge in [0.1, 0.15) is 0 Å². The highest BCUT2D eigenvalue weighted by molar-refractivity contribution is 5.90. The van der Waals surface area contributed by atoms with Crippen LogP contribution in [0.3, 0.4) is 0 Å². The summed E-state index contributed by atoms with van der Waals surface area (Å²) in [7, 11) is 0. The number of allylic oxidation sites excluding steroid dienone is 2. The first kappa shape index (κ1) is 17.7. The molecule has 0 amide bonds. The number of ether oxygens (including phenoxy) is 1. The highest BCUT2D eigenvalue weighted by atomic mass is 16.5. The van der Waals surface area contributed by atoms with Crippen LogP contribution in [-0.2, 0) is 9.53 Å². The molecule has 2 saturated carbocycles. The van der Waals surface area contributed by atoms with Crippen LogP contribution in [0.4, 0.5) is 0 Å². The van der Waals surface area contributed by atoms with E-state index in [9.17, 15) is 15.0 Å². The number of esters is 1. The van der Waals surface area contributed by atoms with E-state index >= 15 is 0 Å². The zero-order chi connectivity index (χ0) is 17.5. The Morgan fingerprint density at radius 3 is 2.71 bits per heavy atom. The van der Waals surface area contributed by atoms with E-state index in [1.165, 1.54) is 5.57 Å². The third-order valence-electron chi connectivity index (χ3n) is 7.16. The van der Waals surface area contributed by atoms with E-state index in [-0.39, 0.29) is 29.8 Å². The molecule has 24 heavy (non-hydrogen) atoms. The van der Waals surface area contributed by atoms with Gasteiger partial charge in [0.25, 0.3) is 0 Å². The van der Waals surface area contributed by atoms with Gasteiger partial charge in [-0.05, 0) is 49.4 Å². The number of hydrogen-bond acceptors (Lipinski definition) is 4. The van der Waals surface area contributed by atoms with Crippen LogP contribution in [0.25, 0.3) is 0 Å². The smallest absolute Gasteiger partial charge is 0.333 e. The van der Waals surface area contributed by atoms with Crippen LogP contribution >= 0.6 is 0 Å². The second-order valence-electron chi connectivity index (χ2n) is 8.38. The molecule has 5 atom stereocenters. The number of carbonyl (C=O) groups is 1. The summed E-state index contributed by atoms with van der Waals surface area (Å²) in [5.41, 5.74) is 1.58. The molecule has 0 bridgehead atoms. The van der Waals surface area contributed by atoms with E-state index in [1.54, 1.807) is 0 Å². The quantitative estimate of drug-likeness (QED) is 0.473. The third-order valence-corrected chi connectivity index (χ3v) is 7.16. The maximum Gasteiger partial charge on any atom is 0.333 e. The van der Waals surface area contributed by atoms with Gasteiger partial charge in [0.15, 0.2) is 0 Å². The summed E-state index contributed by atoms with van der Waals surface area (Å²) in [5, 5.41) is 20.5. The summed E-state index contributed by atoms with van der Waals surface area (Å²) in [6.07, 6.45) is 6.65. The summed E-state index contributed by atoms with van der Waals surface area (Å²) < 4.78 is 5.03. The molecule has 2 N–H and O–H groups in total. The molecule has 4 nitrogen and oxygen atoms in total. The molecule has 3 fully saturated rings. The molecule has 1 saturated heterocycles. The molecular weight excluding hydrogens is 304 g/mol. The number of hydrogen-bond donors (Lipinski definition) is 2. The fourth-order valence-electron chi connectivity index (χ4n) is 5.53. The first-order valence-corrected chi connectivity index (χ1v) is 9.15. The second-order valence-corrected chi connectivity index (χ2v) is 8.38. The zero-order valence-electron chi connectivity index (χ0n) is 14.9. The highest BCUT2D eigenvalue weighted by Gasteiger charge is 2.57. The molecule has 3 rings (SSSR count). The largest absolute Gasteiger partial charge is 0.462 e. The monoisotopic (exact) mass is 334 g/mol. The summed E-state index contributed by atoms with van der Waals surface area (Å²) >= 11 is 0. The van der Waals surface area contributed by atoms with E-state index in [0.717, 1.165) is 31.3 Å². The zero-order valence-corrected chi connectivity index (χ0v) is 14.9. The lowest BCUT2D eigenvalue weighted by molar-refractivity contribution is -0.151. The number of carbonyl (C=O) groups excluding carboxylic acids is 1. The molecule has 1 heterocycles. The number of aliphatic hydroxyl groups is 2. The Morgan fingerprint density at radius 1 is 1.33 bits per heavy atom. The molecule has 3 aliphatic rings. The lowest BCUT2D eigenvalue weighted by Crippen LogP contribution is -2.57. The van der Waals surface area contributed by atoms with Crippen molar-refractivity contribution in [1.82, 2.24) is 0 Å². The van der Waals surface area contributed by atoms with Crippen molar-refractivity contribution >= 4 is 5.97 Å². The Morgan fingerprint density at radius 2 is 2.08 bits per heavy atom. The molecule has 1 aliphatic heterocycles. The Balaban J connectivity index is 1.88. The summed E-state index contributed by atoms with van der Waals surface area (Å²) in [6, 6.07) is 0. The van der Waals surface area contributed by atoms with Gasteiger partial charge in [-0.3, -0.25) is 0 Å². The molecule has 0 aromatic heterocycles. The van der Waals surface area contributed by atoms with Crippen molar-refractivity contribution in [3.05, 3.63) is 23.8 Å². The summed E-state index contributed by atoms with van der Waals surface area (Å²) in [5.74, 6) is 0.371. The van der Waals surface area contributed by atoms with Crippen LogP contribution in [0.15, 0.2) is 23.8 Å². The molecule has 0 radical (unpaired) electrons. The van der Waals surface area contributed by atoms with Crippen LogP contribution in [-0.4, -0.2) is 35.5 Å². The van der Waals surface area contributed by atoms with Gasteiger partial charge in [0.05, 0.1) is 19.3 Å². The first-order valence-electron chi connectivity index (χ1n) is 9.15. The van der Waals surface area contributed by atoms with Crippen molar-refractivity contribution in [3.8, 4) is 0 Å². The van der Waals surface area contributed by atoms with Crippen LogP contribution in [0.2, 0.25) is 0 Å². The fourth-order valence-corrected chi connectivity index (χ4v) is 5.53. The van der Waals surface area contributed by atoms with Crippen molar-refractivity contribution in [2.45, 2.75) is 58.5 Å². The maximum absolute atomic E-state index is 11.7. The Bertz CT molecular complexity index is 566. The molecule has 4 heteroatoms. The normalized spacial score (nSPS) is 44.5.